The number of nitrogens with one attached hydrogen (secondary N) is 1. The van der Waals surface area contributed by atoms with E-state index in [4.69, 9.17) is 4.74 Å². The summed E-state index contributed by atoms with van der Waals surface area (Å²) in [6, 6.07) is 4.65. The Morgan fingerprint density at radius 2 is 1.92 bits per heavy atom. The van der Waals surface area contributed by atoms with Gasteiger partial charge in [0, 0.05) is 50.2 Å². The van der Waals surface area contributed by atoms with Crippen molar-refractivity contribution in [1.82, 2.24) is 14.3 Å². The van der Waals surface area contributed by atoms with Crippen LogP contribution in [-0.2, 0) is 4.74 Å². The molecular weight excluding hydrogens is 464 g/mol. The number of alkyl halides is 1. The molecular formula is C27H33F2N5O2. The smallest absolute Gasteiger partial charge is 0.322 e. The molecule has 5 rings (SSSR count). The number of carbonyl (C=O) groups is 1. The Morgan fingerprint density at radius 3 is 2.61 bits per heavy atom. The molecule has 2 amide bonds. The molecule has 4 heterocycles. The van der Waals surface area contributed by atoms with Crippen molar-refractivity contribution in [2.24, 2.45) is 5.41 Å². The highest BCUT2D eigenvalue weighted by molar-refractivity contribution is 5.91. The minimum absolute atomic E-state index is 0.0110. The maximum atomic E-state index is 15.4. The minimum Gasteiger partial charge on any atom is -0.378 e. The van der Waals surface area contributed by atoms with Crippen LogP contribution in [0.4, 0.5) is 25.0 Å². The Hall–Kier alpha value is -3.20. The molecule has 36 heavy (non-hydrogen) atoms. The molecule has 3 aromatic rings. The zero-order valence-corrected chi connectivity index (χ0v) is 21.3. The van der Waals surface area contributed by atoms with Crippen molar-refractivity contribution in [3.05, 3.63) is 48.2 Å². The lowest BCUT2D eigenvalue weighted by atomic mass is 9.77. The van der Waals surface area contributed by atoms with Crippen LogP contribution in [0, 0.1) is 18.2 Å². The number of hydrogen-bond donors (Lipinski definition) is 1. The fourth-order valence-electron chi connectivity index (χ4n) is 5.03. The second kappa shape index (κ2) is 9.03. The van der Waals surface area contributed by atoms with Gasteiger partial charge in [-0.3, -0.25) is 0 Å². The molecule has 2 aliphatic rings. The van der Waals surface area contributed by atoms with Crippen molar-refractivity contribution in [3.8, 4) is 11.1 Å². The maximum Gasteiger partial charge on any atom is 0.322 e. The van der Waals surface area contributed by atoms with Crippen LogP contribution in [0.15, 0.2) is 36.8 Å². The number of aryl methyl sites for hydroxylation is 1. The summed E-state index contributed by atoms with van der Waals surface area (Å²) in [7, 11) is 0. The van der Waals surface area contributed by atoms with Crippen LogP contribution in [0.3, 0.4) is 0 Å². The molecule has 192 valence electrons. The normalized spacial score (nSPS) is 20.8. The number of amides is 2. The lowest BCUT2D eigenvalue weighted by Crippen LogP contribution is -2.43. The van der Waals surface area contributed by atoms with Crippen molar-refractivity contribution >= 4 is 23.1 Å². The summed E-state index contributed by atoms with van der Waals surface area (Å²) in [6.45, 7) is 10.4. The molecule has 2 saturated heterocycles. The molecule has 7 nitrogen and oxygen atoms in total. The zero-order valence-electron chi connectivity index (χ0n) is 21.3. The first kappa shape index (κ1) is 24.5. The van der Waals surface area contributed by atoms with Gasteiger partial charge in [0.25, 0.3) is 0 Å². The Bertz CT molecular complexity index is 1300. The molecule has 9 heteroatoms. The topological polar surface area (TPSA) is 62.1 Å². The number of imidazole rings is 1. The van der Waals surface area contributed by atoms with Crippen LogP contribution in [0.25, 0.3) is 16.8 Å². The van der Waals surface area contributed by atoms with Crippen molar-refractivity contribution in [1.29, 1.82) is 0 Å². The molecule has 2 fully saturated rings. The Kier molecular flexibility index (Phi) is 6.14. The van der Waals surface area contributed by atoms with E-state index in [-0.39, 0.29) is 18.7 Å². The third kappa shape index (κ3) is 4.40. The van der Waals surface area contributed by atoms with E-state index in [0.29, 0.717) is 19.8 Å². The number of halogens is 2. The molecule has 1 aromatic carbocycles. The van der Waals surface area contributed by atoms with Crippen molar-refractivity contribution in [2.75, 3.05) is 49.6 Å². The lowest BCUT2D eigenvalue weighted by molar-refractivity contribution is 0.0420. The summed E-state index contributed by atoms with van der Waals surface area (Å²) >= 11 is 0. The van der Waals surface area contributed by atoms with Gasteiger partial charge in [-0.2, -0.15) is 0 Å². The van der Waals surface area contributed by atoms with E-state index in [1.165, 1.54) is 11.0 Å². The number of ether oxygens (including phenoxy) is 1. The number of rotatable bonds is 3. The number of benzene rings is 1. The van der Waals surface area contributed by atoms with E-state index >= 15 is 4.39 Å². The Labute approximate surface area is 210 Å². The summed E-state index contributed by atoms with van der Waals surface area (Å²) < 4.78 is 37.8. The number of pyridine rings is 1. The molecule has 2 aromatic heterocycles. The monoisotopic (exact) mass is 497 g/mol. The van der Waals surface area contributed by atoms with Gasteiger partial charge in [0.15, 0.2) is 5.65 Å². The third-order valence-electron chi connectivity index (χ3n) is 7.54. The zero-order chi connectivity index (χ0) is 25.7. The molecule has 0 aliphatic carbocycles. The fourth-order valence-corrected chi connectivity index (χ4v) is 5.03. The van der Waals surface area contributed by atoms with Gasteiger partial charge in [-0.25, -0.2) is 18.6 Å². The number of aromatic nitrogens is 2. The number of morpholine rings is 1. The van der Waals surface area contributed by atoms with Crippen LogP contribution < -0.4 is 10.2 Å². The van der Waals surface area contributed by atoms with E-state index in [0.717, 1.165) is 41.1 Å². The number of hydrogen-bond acceptors (Lipinski definition) is 4. The van der Waals surface area contributed by atoms with Gasteiger partial charge in [0.2, 0.25) is 0 Å². The highest BCUT2D eigenvalue weighted by atomic mass is 19.1. The van der Waals surface area contributed by atoms with Crippen LogP contribution in [0.2, 0.25) is 0 Å². The highest BCUT2D eigenvalue weighted by Gasteiger charge is 2.48. The summed E-state index contributed by atoms with van der Waals surface area (Å²) in [5.41, 5.74) is 2.26. The number of carbonyl (C=O) groups excluding carboxylic acids is 1. The van der Waals surface area contributed by atoms with Gasteiger partial charge in [-0.15, -0.1) is 0 Å². The second-order valence-electron chi connectivity index (χ2n) is 10.8. The molecule has 1 atom stereocenters. The predicted molar refractivity (Wildman–Crippen MR) is 137 cm³/mol. The quantitative estimate of drug-likeness (QED) is 0.535. The van der Waals surface area contributed by atoms with Gasteiger partial charge in [0.05, 0.1) is 31.1 Å². The Balaban J connectivity index is 1.45. The highest BCUT2D eigenvalue weighted by Crippen LogP contribution is 2.41. The van der Waals surface area contributed by atoms with Gasteiger partial charge >= 0.3 is 6.03 Å². The van der Waals surface area contributed by atoms with Gasteiger partial charge in [-0.1, -0.05) is 20.8 Å². The number of nitrogens with zero attached hydrogens (tertiary/aromatic N) is 4. The van der Waals surface area contributed by atoms with Crippen molar-refractivity contribution < 1.29 is 18.3 Å². The van der Waals surface area contributed by atoms with Crippen LogP contribution in [0.5, 0.6) is 0 Å². The average molecular weight is 498 g/mol. The molecule has 0 spiro atoms. The Morgan fingerprint density at radius 1 is 1.17 bits per heavy atom. The summed E-state index contributed by atoms with van der Waals surface area (Å²) in [4.78, 5) is 21.2. The fraction of sp³-hybridized carbons (Fsp3) is 0.481. The molecule has 0 saturated carbocycles. The van der Waals surface area contributed by atoms with Crippen LogP contribution in [0.1, 0.15) is 32.8 Å². The largest absolute Gasteiger partial charge is 0.378 e. The van der Waals surface area contributed by atoms with Gasteiger partial charge in [0.1, 0.15) is 11.5 Å². The molecule has 1 unspecified atom stereocenters. The van der Waals surface area contributed by atoms with E-state index < -0.39 is 22.9 Å². The third-order valence-corrected chi connectivity index (χ3v) is 7.54. The van der Waals surface area contributed by atoms with E-state index in [9.17, 15) is 9.18 Å². The minimum atomic E-state index is -1.47. The molecule has 0 bridgehead atoms. The second-order valence-corrected chi connectivity index (χ2v) is 10.8. The van der Waals surface area contributed by atoms with E-state index in [1.807, 2.05) is 44.5 Å². The predicted octanol–water partition coefficient (Wildman–Crippen LogP) is 5.28. The molecule has 0 radical (unpaired) electrons. The standard InChI is InChI=1S/C27H33F2N5O2/c1-18-13-21(28)22(31-25(35)34-7-5-27(29,17-34)26(2,3)4)15-20(18)19-14-23(32-9-11-36-12-10-32)24-30-6-8-33(24)16-19/h6,8,13-16H,5,7,9-12,17H2,1-4H3,(H,31,35). The van der Waals surface area contributed by atoms with Crippen LogP contribution in [-0.4, -0.2) is 65.4 Å². The first-order valence-corrected chi connectivity index (χ1v) is 12.4. The maximum absolute atomic E-state index is 15.4. The number of fused-ring (bicyclic) bond motifs is 1. The number of likely N-dealkylation sites (tertiary alicyclic amines) is 1. The lowest BCUT2D eigenvalue weighted by Gasteiger charge is -2.34. The van der Waals surface area contributed by atoms with Crippen molar-refractivity contribution in [3.63, 3.8) is 0 Å². The van der Waals surface area contributed by atoms with E-state index in [2.05, 4.69) is 21.3 Å². The van der Waals surface area contributed by atoms with Gasteiger partial charge < -0.3 is 24.3 Å². The summed E-state index contributed by atoms with van der Waals surface area (Å²) in [5, 5.41) is 2.69. The molecule has 2 aliphatic heterocycles. The van der Waals surface area contributed by atoms with Crippen LogP contribution >= 0.6 is 0 Å². The molecule has 1 N–H and O–H groups in total. The number of urea groups is 1. The van der Waals surface area contributed by atoms with Gasteiger partial charge in [-0.05, 0) is 41.7 Å². The summed E-state index contributed by atoms with van der Waals surface area (Å²) in [5.74, 6) is -0.525. The first-order chi connectivity index (χ1) is 17.1. The first-order valence-electron chi connectivity index (χ1n) is 12.4. The summed E-state index contributed by atoms with van der Waals surface area (Å²) in [6.07, 6.45) is 5.86. The SMILES string of the molecule is Cc1cc(F)c(NC(=O)N2CCC(F)(C(C)(C)C)C2)cc1-c1cc(N2CCOCC2)c2nccn2c1. The average Bonchev–Trinajstić information content (AvgIpc) is 3.48. The van der Waals surface area contributed by atoms with E-state index in [1.54, 1.807) is 12.3 Å². The van der Waals surface area contributed by atoms with Crippen molar-refractivity contribution in [2.45, 2.75) is 39.8 Å². The number of anilines is 2.